The van der Waals surface area contributed by atoms with Crippen molar-refractivity contribution in [3.63, 3.8) is 0 Å². The summed E-state index contributed by atoms with van der Waals surface area (Å²) in [7, 11) is 0. The van der Waals surface area contributed by atoms with Crippen LogP contribution in [0.2, 0.25) is 0 Å². The maximum absolute atomic E-state index is 14.1. The summed E-state index contributed by atoms with van der Waals surface area (Å²) in [5.41, 5.74) is 3.05. The number of ketones is 1. The van der Waals surface area contributed by atoms with E-state index in [2.05, 4.69) is 0 Å². The number of carbonyl (C=O) groups is 1. The highest BCUT2D eigenvalue weighted by Gasteiger charge is 2.47. The van der Waals surface area contributed by atoms with E-state index in [1.54, 1.807) is 24.3 Å². The van der Waals surface area contributed by atoms with Crippen LogP contribution in [0.25, 0.3) is 17.7 Å². The van der Waals surface area contributed by atoms with Crippen molar-refractivity contribution in [2.75, 3.05) is 0 Å². The zero-order chi connectivity index (χ0) is 29.6. The Bertz CT molecular complexity index is 1670. The molecule has 0 aromatic heterocycles. The predicted molar refractivity (Wildman–Crippen MR) is 155 cm³/mol. The monoisotopic (exact) mass is 554 g/mol. The molecule has 0 saturated heterocycles. The zero-order valence-corrected chi connectivity index (χ0v) is 22.4. The van der Waals surface area contributed by atoms with Crippen LogP contribution in [0.1, 0.15) is 58.8 Å². The van der Waals surface area contributed by atoms with E-state index in [1.807, 2.05) is 13.0 Å². The molecule has 2 aliphatic carbocycles. The van der Waals surface area contributed by atoms with Crippen molar-refractivity contribution in [1.29, 1.82) is 0 Å². The molecule has 0 aliphatic heterocycles. The first-order chi connectivity index (χ1) is 19.4. The van der Waals surface area contributed by atoms with E-state index >= 15 is 0 Å². The lowest BCUT2D eigenvalue weighted by atomic mass is 9.60. The molecule has 0 fully saturated rings. The fraction of sp³-hybridized carbons (Fsp3) is 0.182. The van der Waals surface area contributed by atoms with Gasteiger partial charge in [-0.05, 0) is 67.3 Å². The highest BCUT2D eigenvalue weighted by Crippen LogP contribution is 2.55. The minimum atomic E-state index is -0.820. The van der Waals surface area contributed by atoms with Gasteiger partial charge in [-0.1, -0.05) is 29.9 Å². The standard InChI is InChI=1S/C33H30O8/c1-16-7-24(23-12-18(5-6-27(23)38)3-4-19-10-20(35)13-21(36)11-19)31-25(8-16)30(28(39)9-17(2)34)26-14-22(37)15-29(40)32(26)33(31)41/h3-7,9-15,24-25,31,34-40H,8H2,1-2H3/b4-3+,17-9+,30-28+. The Balaban J connectivity index is 1.66. The molecule has 2 aliphatic rings. The lowest BCUT2D eigenvalue weighted by Gasteiger charge is -2.41. The molecule has 0 saturated carbocycles. The number of aliphatic hydroxyl groups is 2. The van der Waals surface area contributed by atoms with Gasteiger partial charge >= 0.3 is 0 Å². The second-order valence-corrected chi connectivity index (χ2v) is 10.6. The summed E-state index contributed by atoms with van der Waals surface area (Å²) >= 11 is 0. The van der Waals surface area contributed by atoms with Crippen molar-refractivity contribution in [3.8, 4) is 28.7 Å². The Labute approximate surface area is 236 Å². The van der Waals surface area contributed by atoms with Crippen molar-refractivity contribution in [3.05, 3.63) is 106 Å². The van der Waals surface area contributed by atoms with E-state index in [0.29, 0.717) is 28.7 Å². The maximum atomic E-state index is 14.1. The van der Waals surface area contributed by atoms with Gasteiger partial charge in [-0.25, -0.2) is 0 Å². The third kappa shape index (κ3) is 5.24. The number of aliphatic hydroxyl groups excluding tert-OH is 2. The minimum absolute atomic E-state index is 0.0405. The average molecular weight is 555 g/mol. The Morgan fingerprint density at radius 2 is 1.49 bits per heavy atom. The Morgan fingerprint density at radius 1 is 0.829 bits per heavy atom. The lowest BCUT2D eigenvalue weighted by Crippen LogP contribution is -2.37. The van der Waals surface area contributed by atoms with Crippen LogP contribution in [0.4, 0.5) is 0 Å². The third-order valence-electron chi connectivity index (χ3n) is 7.56. The molecule has 8 heteroatoms. The topological polar surface area (TPSA) is 159 Å². The molecule has 3 unspecified atom stereocenters. The van der Waals surface area contributed by atoms with Crippen LogP contribution in [0.3, 0.4) is 0 Å². The lowest BCUT2D eigenvalue weighted by molar-refractivity contribution is 0.0860. The van der Waals surface area contributed by atoms with Gasteiger partial charge < -0.3 is 35.7 Å². The quantitative estimate of drug-likeness (QED) is 0.107. The van der Waals surface area contributed by atoms with Crippen LogP contribution < -0.4 is 0 Å². The van der Waals surface area contributed by atoms with Crippen molar-refractivity contribution >= 4 is 23.5 Å². The third-order valence-corrected chi connectivity index (χ3v) is 7.56. The molecule has 41 heavy (non-hydrogen) atoms. The van der Waals surface area contributed by atoms with E-state index in [1.165, 1.54) is 37.3 Å². The van der Waals surface area contributed by atoms with Gasteiger partial charge in [0.15, 0.2) is 5.78 Å². The molecule has 3 aromatic rings. The predicted octanol–water partition coefficient (Wildman–Crippen LogP) is 6.68. The average Bonchev–Trinajstić information content (AvgIpc) is 2.86. The zero-order valence-electron chi connectivity index (χ0n) is 22.4. The number of benzene rings is 3. The molecule has 5 rings (SSSR count). The molecular weight excluding hydrogens is 524 g/mol. The molecule has 0 bridgehead atoms. The van der Waals surface area contributed by atoms with Gasteiger partial charge in [-0.2, -0.15) is 0 Å². The Hall–Kier alpha value is -5.11. The SMILES string of the molecule is CC1=CC(c2cc(/C=C/c3cc(O)cc(O)c3)ccc2O)C2C(=O)c3c(O)cc(O)cc3/C(=C(O)\C=C(/C)O)C2C1. The summed E-state index contributed by atoms with van der Waals surface area (Å²) in [6.07, 6.45) is 6.89. The maximum Gasteiger partial charge on any atom is 0.171 e. The molecular formula is C33H30O8. The number of allylic oxidation sites excluding steroid dienone is 5. The van der Waals surface area contributed by atoms with Crippen LogP contribution >= 0.6 is 0 Å². The molecule has 0 heterocycles. The number of hydrogen-bond acceptors (Lipinski definition) is 8. The van der Waals surface area contributed by atoms with E-state index in [0.717, 1.165) is 17.7 Å². The second kappa shape index (κ2) is 10.5. The van der Waals surface area contributed by atoms with E-state index < -0.39 is 29.3 Å². The number of hydrogen-bond donors (Lipinski definition) is 7. The highest BCUT2D eigenvalue weighted by molar-refractivity contribution is 6.09. The van der Waals surface area contributed by atoms with Gasteiger partial charge in [-0.15, -0.1) is 0 Å². The second-order valence-electron chi connectivity index (χ2n) is 10.6. The van der Waals surface area contributed by atoms with Crippen LogP contribution in [-0.2, 0) is 0 Å². The van der Waals surface area contributed by atoms with Gasteiger partial charge in [0.25, 0.3) is 0 Å². The molecule has 3 aromatic carbocycles. The summed E-state index contributed by atoms with van der Waals surface area (Å²) in [6, 6.07) is 11.5. The van der Waals surface area contributed by atoms with Crippen molar-refractivity contribution in [2.24, 2.45) is 11.8 Å². The molecule has 8 nitrogen and oxygen atoms in total. The number of aromatic hydroxyl groups is 5. The number of carbonyl (C=O) groups excluding carboxylic acids is 1. The number of phenols is 5. The Kier molecular flexibility index (Phi) is 7.01. The van der Waals surface area contributed by atoms with E-state index in [9.17, 15) is 40.5 Å². The van der Waals surface area contributed by atoms with Gasteiger partial charge in [-0.3, -0.25) is 4.79 Å². The van der Waals surface area contributed by atoms with Gasteiger partial charge in [0, 0.05) is 47.1 Å². The van der Waals surface area contributed by atoms with Gasteiger partial charge in [0.2, 0.25) is 0 Å². The fourth-order valence-electron chi connectivity index (χ4n) is 6.02. The molecule has 7 N–H and O–H groups in total. The summed E-state index contributed by atoms with van der Waals surface area (Å²) < 4.78 is 0. The summed E-state index contributed by atoms with van der Waals surface area (Å²) in [5.74, 6) is -3.81. The number of Topliss-reactive ketones (excluding diaryl/α,β-unsaturated/α-hetero) is 1. The molecule has 3 atom stereocenters. The molecule has 0 amide bonds. The van der Waals surface area contributed by atoms with Crippen molar-refractivity contribution in [1.82, 2.24) is 0 Å². The number of phenolic OH excluding ortho intramolecular Hbond substituents is 5. The normalized spacial score (nSPS) is 21.8. The fourth-order valence-corrected chi connectivity index (χ4v) is 6.02. The first-order valence-electron chi connectivity index (χ1n) is 13.0. The minimum Gasteiger partial charge on any atom is -0.512 e. The first-order valence-corrected chi connectivity index (χ1v) is 13.0. The van der Waals surface area contributed by atoms with E-state index in [-0.39, 0.29) is 45.6 Å². The van der Waals surface area contributed by atoms with Crippen molar-refractivity contribution < 1.29 is 40.5 Å². The Morgan fingerprint density at radius 3 is 2.17 bits per heavy atom. The van der Waals surface area contributed by atoms with Gasteiger partial charge in [0.1, 0.15) is 34.5 Å². The van der Waals surface area contributed by atoms with Crippen LogP contribution in [-0.4, -0.2) is 41.5 Å². The largest absolute Gasteiger partial charge is 0.512 e. The van der Waals surface area contributed by atoms with Crippen LogP contribution in [0.5, 0.6) is 28.7 Å². The van der Waals surface area contributed by atoms with Gasteiger partial charge in [0.05, 0.1) is 11.3 Å². The highest BCUT2D eigenvalue weighted by atomic mass is 16.3. The van der Waals surface area contributed by atoms with Crippen LogP contribution in [0.15, 0.2) is 77.8 Å². The summed E-state index contributed by atoms with van der Waals surface area (Å²) in [6.45, 7) is 3.28. The van der Waals surface area contributed by atoms with Crippen LogP contribution in [0, 0.1) is 11.8 Å². The smallest absolute Gasteiger partial charge is 0.171 e. The summed E-state index contributed by atoms with van der Waals surface area (Å²) in [4.78, 5) is 14.1. The number of fused-ring (bicyclic) bond motifs is 2. The van der Waals surface area contributed by atoms with Crippen molar-refractivity contribution in [2.45, 2.75) is 26.2 Å². The summed E-state index contributed by atoms with van der Waals surface area (Å²) in [5, 5.41) is 72.5. The first kappa shape index (κ1) is 27.5. The number of rotatable bonds is 4. The van der Waals surface area contributed by atoms with E-state index in [4.69, 9.17) is 0 Å². The molecule has 0 radical (unpaired) electrons. The molecule has 0 spiro atoms. The molecule has 210 valence electrons.